The molecular weight excluding hydrogens is 358 g/mol. The number of pyridine rings is 2. The van der Waals surface area contributed by atoms with Crippen molar-refractivity contribution in [3.05, 3.63) is 59.4 Å². The quantitative estimate of drug-likeness (QED) is 0.624. The molecular formula is C22H22ClN3O. The molecule has 5 heteroatoms. The monoisotopic (exact) mass is 379 g/mol. The molecule has 1 saturated heterocycles. The zero-order valence-corrected chi connectivity index (χ0v) is 16.3. The third-order valence-corrected chi connectivity index (χ3v) is 5.35. The van der Waals surface area contributed by atoms with Gasteiger partial charge in [0.15, 0.2) is 0 Å². The number of hydrogen-bond acceptors (Lipinski definition) is 3. The van der Waals surface area contributed by atoms with Crippen LogP contribution in [-0.4, -0.2) is 33.9 Å². The van der Waals surface area contributed by atoms with Gasteiger partial charge in [-0.25, -0.2) is 4.98 Å². The lowest BCUT2D eigenvalue weighted by Crippen LogP contribution is -2.42. The minimum absolute atomic E-state index is 0.0493. The summed E-state index contributed by atoms with van der Waals surface area (Å²) in [6.45, 7) is 5.99. The van der Waals surface area contributed by atoms with Crippen LogP contribution >= 0.6 is 11.6 Å². The zero-order valence-electron chi connectivity index (χ0n) is 15.5. The molecule has 1 aliphatic heterocycles. The highest BCUT2D eigenvalue weighted by molar-refractivity contribution is 6.31. The van der Waals surface area contributed by atoms with Gasteiger partial charge in [-0.2, -0.15) is 0 Å². The van der Waals surface area contributed by atoms with Gasteiger partial charge in [0.25, 0.3) is 5.91 Å². The smallest absolute Gasteiger partial charge is 0.254 e. The lowest BCUT2D eigenvalue weighted by atomic mass is 9.91. The van der Waals surface area contributed by atoms with Gasteiger partial charge >= 0.3 is 0 Å². The van der Waals surface area contributed by atoms with Gasteiger partial charge in [0, 0.05) is 41.5 Å². The third kappa shape index (κ3) is 3.67. The van der Waals surface area contributed by atoms with Crippen molar-refractivity contribution in [2.24, 2.45) is 11.8 Å². The van der Waals surface area contributed by atoms with Gasteiger partial charge in [0.05, 0.1) is 16.8 Å². The molecule has 3 heterocycles. The lowest BCUT2D eigenvalue weighted by Gasteiger charge is -2.35. The molecule has 0 aliphatic carbocycles. The standard InChI is InChI=1S/C22H22ClN3O/c1-14-8-15(2)13-26(12-14)22(27)19-10-21(16-4-3-7-24-11-16)25-20-6-5-17(23)9-18(19)20/h3-7,9-11,14-15H,8,12-13H2,1-2H3/t14-,15+. The van der Waals surface area contributed by atoms with Gasteiger partial charge in [0.2, 0.25) is 0 Å². The molecule has 0 radical (unpaired) electrons. The van der Waals surface area contributed by atoms with Crippen LogP contribution in [0.2, 0.25) is 5.02 Å². The molecule has 4 nitrogen and oxygen atoms in total. The number of nitrogens with zero attached hydrogens (tertiary/aromatic N) is 3. The van der Waals surface area contributed by atoms with Crippen LogP contribution in [0.25, 0.3) is 22.2 Å². The number of amides is 1. The number of carbonyl (C=O) groups is 1. The lowest BCUT2D eigenvalue weighted by molar-refractivity contribution is 0.0625. The van der Waals surface area contributed by atoms with Gasteiger partial charge < -0.3 is 4.90 Å². The van der Waals surface area contributed by atoms with E-state index in [4.69, 9.17) is 16.6 Å². The molecule has 2 aromatic heterocycles. The second-order valence-electron chi connectivity index (χ2n) is 7.61. The minimum atomic E-state index is 0.0493. The molecule has 27 heavy (non-hydrogen) atoms. The number of fused-ring (bicyclic) bond motifs is 1. The van der Waals surface area contributed by atoms with Gasteiger partial charge in [-0.05, 0) is 54.7 Å². The summed E-state index contributed by atoms with van der Waals surface area (Å²) in [5.41, 5.74) is 3.06. The second kappa shape index (κ2) is 7.28. The largest absolute Gasteiger partial charge is 0.338 e. The fraction of sp³-hybridized carbons (Fsp3) is 0.318. The maximum atomic E-state index is 13.4. The topological polar surface area (TPSA) is 46.1 Å². The summed E-state index contributed by atoms with van der Waals surface area (Å²) in [7, 11) is 0. The molecule has 0 N–H and O–H groups in total. The third-order valence-electron chi connectivity index (χ3n) is 5.11. The Morgan fingerprint density at radius 2 is 1.93 bits per heavy atom. The first kappa shape index (κ1) is 17.9. The number of rotatable bonds is 2. The second-order valence-corrected chi connectivity index (χ2v) is 8.05. The Morgan fingerprint density at radius 1 is 1.15 bits per heavy atom. The van der Waals surface area contributed by atoms with Crippen molar-refractivity contribution in [2.75, 3.05) is 13.1 Å². The van der Waals surface area contributed by atoms with E-state index in [-0.39, 0.29) is 5.91 Å². The SMILES string of the molecule is C[C@@H]1C[C@H](C)CN(C(=O)c2cc(-c3cccnc3)nc3ccc(Cl)cc23)C1. The van der Waals surface area contributed by atoms with Gasteiger partial charge in [-0.15, -0.1) is 0 Å². The predicted octanol–water partition coefficient (Wildman–Crippen LogP) is 5.07. The summed E-state index contributed by atoms with van der Waals surface area (Å²) < 4.78 is 0. The summed E-state index contributed by atoms with van der Waals surface area (Å²) in [6, 6.07) is 11.2. The van der Waals surface area contributed by atoms with Crippen LogP contribution < -0.4 is 0 Å². The molecule has 0 bridgehead atoms. The average molecular weight is 380 g/mol. The molecule has 138 valence electrons. The fourth-order valence-corrected chi connectivity index (χ4v) is 4.21. The summed E-state index contributed by atoms with van der Waals surface area (Å²) in [6.07, 6.45) is 4.66. The number of likely N-dealkylation sites (tertiary alicyclic amines) is 1. The van der Waals surface area contributed by atoms with Crippen LogP contribution in [0.3, 0.4) is 0 Å². The van der Waals surface area contributed by atoms with Gasteiger partial charge in [-0.3, -0.25) is 9.78 Å². The summed E-state index contributed by atoms with van der Waals surface area (Å²) in [4.78, 5) is 24.3. The molecule has 0 spiro atoms. The molecule has 0 saturated carbocycles. The number of carbonyl (C=O) groups excluding carboxylic acids is 1. The summed E-state index contributed by atoms with van der Waals surface area (Å²) >= 11 is 6.22. The number of benzene rings is 1. The maximum Gasteiger partial charge on any atom is 0.254 e. The fourth-order valence-electron chi connectivity index (χ4n) is 4.04. The summed E-state index contributed by atoms with van der Waals surface area (Å²) in [5.74, 6) is 1.06. The van der Waals surface area contributed by atoms with E-state index >= 15 is 0 Å². The van der Waals surface area contributed by atoms with Crippen LogP contribution in [0.15, 0.2) is 48.8 Å². The van der Waals surface area contributed by atoms with Crippen LogP contribution in [-0.2, 0) is 0 Å². The number of piperidine rings is 1. The van der Waals surface area contributed by atoms with Crippen molar-refractivity contribution < 1.29 is 4.79 Å². The van der Waals surface area contributed by atoms with E-state index in [1.165, 1.54) is 0 Å². The van der Waals surface area contributed by atoms with E-state index in [0.29, 0.717) is 22.4 Å². The van der Waals surface area contributed by atoms with E-state index < -0.39 is 0 Å². The van der Waals surface area contributed by atoms with Crippen LogP contribution in [0.1, 0.15) is 30.6 Å². The first-order chi connectivity index (χ1) is 13.0. The molecule has 1 amide bonds. The minimum Gasteiger partial charge on any atom is -0.338 e. The summed E-state index contributed by atoms with van der Waals surface area (Å²) in [5, 5.41) is 1.40. The molecule has 1 aromatic carbocycles. The number of aromatic nitrogens is 2. The van der Waals surface area contributed by atoms with E-state index in [1.807, 2.05) is 41.3 Å². The Morgan fingerprint density at radius 3 is 2.63 bits per heavy atom. The Hall–Kier alpha value is -2.46. The van der Waals surface area contributed by atoms with Crippen LogP contribution in [0, 0.1) is 11.8 Å². The molecule has 3 aromatic rings. The van der Waals surface area contributed by atoms with E-state index in [2.05, 4.69) is 18.8 Å². The predicted molar refractivity (Wildman–Crippen MR) is 109 cm³/mol. The maximum absolute atomic E-state index is 13.4. The first-order valence-electron chi connectivity index (χ1n) is 9.31. The molecule has 1 fully saturated rings. The van der Waals surface area contributed by atoms with Crippen molar-refractivity contribution in [3.8, 4) is 11.3 Å². The molecule has 0 unspecified atom stereocenters. The van der Waals surface area contributed by atoms with Crippen LogP contribution in [0.4, 0.5) is 0 Å². The zero-order chi connectivity index (χ0) is 19.0. The van der Waals surface area contributed by atoms with E-state index in [1.54, 1.807) is 12.4 Å². The Bertz CT molecular complexity index is 980. The Kier molecular flexibility index (Phi) is 4.83. The number of hydrogen-bond donors (Lipinski definition) is 0. The van der Waals surface area contributed by atoms with Crippen molar-refractivity contribution in [1.82, 2.24) is 14.9 Å². The Balaban J connectivity index is 1.84. The van der Waals surface area contributed by atoms with Crippen molar-refractivity contribution in [1.29, 1.82) is 0 Å². The Labute approximate surface area is 164 Å². The average Bonchev–Trinajstić information content (AvgIpc) is 2.66. The van der Waals surface area contributed by atoms with Gasteiger partial charge in [0.1, 0.15) is 0 Å². The molecule has 2 atom stereocenters. The van der Waals surface area contributed by atoms with Crippen molar-refractivity contribution >= 4 is 28.4 Å². The highest BCUT2D eigenvalue weighted by Crippen LogP contribution is 2.29. The first-order valence-corrected chi connectivity index (χ1v) is 9.69. The normalized spacial score (nSPS) is 20.0. The molecule has 1 aliphatic rings. The van der Waals surface area contributed by atoms with Crippen molar-refractivity contribution in [3.63, 3.8) is 0 Å². The van der Waals surface area contributed by atoms with Crippen LogP contribution in [0.5, 0.6) is 0 Å². The number of halogens is 1. The van der Waals surface area contributed by atoms with Crippen molar-refractivity contribution in [2.45, 2.75) is 20.3 Å². The molecule has 4 rings (SSSR count). The van der Waals surface area contributed by atoms with E-state index in [9.17, 15) is 4.79 Å². The van der Waals surface area contributed by atoms with Gasteiger partial charge in [-0.1, -0.05) is 25.4 Å². The highest BCUT2D eigenvalue weighted by atomic mass is 35.5. The highest BCUT2D eigenvalue weighted by Gasteiger charge is 2.27. The van der Waals surface area contributed by atoms with E-state index in [0.717, 1.165) is 41.7 Å².